The normalized spacial score (nSPS) is 15.5. The maximum atomic E-state index is 12.8. The van der Waals surface area contributed by atoms with Gasteiger partial charge in [-0.2, -0.15) is 0 Å². The van der Waals surface area contributed by atoms with E-state index in [1.807, 2.05) is 33.7 Å². The predicted molar refractivity (Wildman–Crippen MR) is 105 cm³/mol. The van der Waals surface area contributed by atoms with Crippen LogP contribution in [0.3, 0.4) is 0 Å². The van der Waals surface area contributed by atoms with E-state index in [0.29, 0.717) is 10.7 Å². The molecule has 1 saturated heterocycles. The smallest absolute Gasteiger partial charge is 0.242 e. The van der Waals surface area contributed by atoms with Gasteiger partial charge in [-0.3, -0.25) is 10.2 Å². The predicted octanol–water partition coefficient (Wildman–Crippen LogP) is 3.66. The number of nitrogens with zero attached hydrogens (tertiary/aromatic N) is 2. The molecule has 1 aliphatic rings. The molecule has 4 nitrogen and oxygen atoms in total. The lowest BCUT2D eigenvalue weighted by molar-refractivity contribution is -0.133. The van der Waals surface area contributed by atoms with E-state index in [4.69, 9.17) is 5.41 Å². The van der Waals surface area contributed by atoms with Crippen molar-refractivity contribution in [3.05, 3.63) is 65.0 Å². The number of thiazole rings is 1. The molecule has 0 spiro atoms. The van der Waals surface area contributed by atoms with Gasteiger partial charge in [-0.25, -0.2) is 0 Å². The van der Waals surface area contributed by atoms with Gasteiger partial charge in [-0.05, 0) is 42.9 Å². The number of amides is 1. The lowest BCUT2D eigenvalue weighted by Crippen LogP contribution is -2.41. The van der Waals surface area contributed by atoms with E-state index in [0.717, 1.165) is 42.6 Å². The monoisotopic (exact) mass is 365 g/mol. The molecule has 0 aliphatic carbocycles. The molecule has 3 aromatic rings. The van der Waals surface area contributed by atoms with Crippen LogP contribution < -0.4 is 4.80 Å². The highest BCUT2D eigenvalue weighted by atomic mass is 32.1. The summed E-state index contributed by atoms with van der Waals surface area (Å²) in [5.41, 5.74) is 2.37. The molecule has 26 heavy (non-hydrogen) atoms. The van der Waals surface area contributed by atoms with Crippen LogP contribution in [0.5, 0.6) is 0 Å². The Hall–Kier alpha value is -2.40. The Morgan fingerprint density at radius 3 is 2.50 bits per heavy atom. The third-order valence-corrected chi connectivity index (χ3v) is 6.21. The number of carbonyl (C=O) groups is 1. The average Bonchev–Trinajstić information content (AvgIpc) is 2.98. The van der Waals surface area contributed by atoms with Crippen molar-refractivity contribution in [3.8, 4) is 0 Å². The van der Waals surface area contributed by atoms with Gasteiger partial charge in [-0.1, -0.05) is 53.8 Å². The van der Waals surface area contributed by atoms with Crippen molar-refractivity contribution >= 4 is 27.5 Å². The van der Waals surface area contributed by atoms with Gasteiger partial charge in [0.15, 0.2) is 4.80 Å². The first kappa shape index (κ1) is 17.0. The summed E-state index contributed by atoms with van der Waals surface area (Å²) in [7, 11) is 0. The van der Waals surface area contributed by atoms with Crippen LogP contribution in [0.1, 0.15) is 18.4 Å². The minimum absolute atomic E-state index is 0.130. The fourth-order valence-corrected chi connectivity index (χ4v) is 4.67. The second-order valence-corrected chi connectivity index (χ2v) is 8.01. The first-order valence-electron chi connectivity index (χ1n) is 9.15. The fourth-order valence-electron chi connectivity index (χ4n) is 3.76. The van der Waals surface area contributed by atoms with E-state index in [9.17, 15) is 4.79 Å². The summed E-state index contributed by atoms with van der Waals surface area (Å²) in [6, 6.07) is 18.5. The molecule has 0 unspecified atom stereocenters. The first-order valence-corrected chi connectivity index (χ1v) is 9.97. The quantitative estimate of drug-likeness (QED) is 0.754. The molecule has 1 amide bonds. The number of rotatable bonds is 4. The van der Waals surface area contributed by atoms with Gasteiger partial charge in [0, 0.05) is 13.1 Å². The molecule has 2 aromatic carbocycles. The molecular formula is C21H23N3OS. The lowest BCUT2D eigenvalue weighted by atomic mass is 9.90. The van der Waals surface area contributed by atoms with E-state index in [1.165, 1.54) is 16.9 Å². The third kappa shape index (κ3) is 3.58. The summed E-state index contributed by atoms with van der Waals surface area (Å²) in [6.45, 7) is 1.92. The van der Waals surface area contributed by atoms with Gasteiger partial charge in [0.1, 0.15) is 6.54 Å². The summed E-state index contributed by atoms with van der Waals surface area (Å²) in [5, 5.41) is 8.17. The molecule has 1 N–H and O–H groups in total. The maximum Gasteiger partial charge on any atom is 0.242 e. The van der Waals surface area contributed by atoms with E-state index < -0.39 is 0 Å². The van der Waals surface area contributed by atoms with Crippen molar-refractivity contribution in [3.63, 3.8) is 0 Å². The van der Waals surface area contributed by atoms with E-state index >= 15 is 0 Å². The Balaban J connectivity index is 1.38. The van der Waals surface area contributed by atoms with Gasteiger partial charge in [0.2, 0.25) is 5.91 Å². The number of hydrogen-bond donors (Lipinski definition) is 1. The first-order chi connectivity index (χ1) is 12.7. The topological polar surface area (TPSA) is 49.1 Å². The Labute approximate surface area is 157 Å². The standard InChI is InChI=1S/C21H23N3OS/c22-21-24(18-8-4-5-9-19(18)26-21)15-20(25)23-12-10-17(11-13-23)14-16-6-2-1-3-7-16/h1-9,17,22H,10-15H2. The molecule has 4 rings (SSSR count). The number of carbonyl (C=O) groups excluding carboxylic acids is 1. The van der Waals surface area contributed by atoms with Crippen LogP contribution in [0, 0.1) is 11.3 Å². The zero-order valence-corrected chi connectivity index (χ0v) is 15.5. The number of para-hydroxylation sites is 1. The van der Waals surface area contributed by atoms with Crippen LogP contribution in [0.4, 0.5) is 0 Å². The number of nitrogens with one attached hydrogen (secondary N) is 1. The van der Waals surface area contributed by atoms with Crippen molar-refractivity contribution in [2.24, 2.45) is 5.92 Å². The van der Waals surface area contributed by atoms with Gasteiger partial charge in [-0.15, -0.1) is 0 Å². The van der Waals surface area contributed by atoms with Gasteiger partial charge >= 0.3 is 0 Å². The fraction of sp³-hybridized carbons (Fsp3) is 0.333. The molecule has 1 fully saturated rings. The molecule has 1 aliphatic heterocycles. The van der Waals surface area contributed by atoms with Crippen molar-refractivity contribution in [1.29, 1.82) is 5.41 Å². The molecule has 1 aromatic heterocycles. The molecule has 2 heterocycles. The Bertz CT molecular complexity index is 952. The summed E-state index contributed by atoms with van der Waals surface area (Å²) in [5.74, 6) is 0.785. The van der Waals surface area contributed by atoms with Crippen molar-refractivity contribution in [2.75, 3.05) is 13.1 Å². The minimum atomic E-state index is 0.130. The number of aromatic nitrogens is 1. The summed E-state index contributed by atoms with van der Waals surface area (Å²) >= 11 is 1.43. The molecule has 5 heteroatoms. The molecule has 0 atom stereocenters. The number of likely N-dealkylation sites (tertiary alicyclic amines) is 1. The molecule has 0 radical (unpaired) electrons. The van der Waals surface area contributed by atoms with Crippen LogP contribution in [0.15, 0.2) is 54.6 Å². The van der Waals surface area contributed by atoms with Crippen molar-refractivity contribution in [1.82, 2.24) is 9.47 Å². The zero-order chi connectivity index (χ0) is 17.9. The highest BCUT2D eigenvalue weighted by Crippen LogP contribution is 2.22. The van der Waals surface area contributed by atoms with E-state index in [2.05, 4.69) is 30.3 Å². The molecule has 0 bridgehead atoms. The van der Waals surface area contributed by atoms with E-state index in [1.54, 1.807) is 0 Å². The number of piperidine rings is 1. The van der Waals surface area contributed by atoms with Crippen LogP contribution >= 0.6 is 11.3 Å². The van der Waals surface area contributed by atoms with Gasteiger partial charge in [0.25, 0.3) is 0 Å². The highest BCUT2D eigenvalue weighted by molar-refractivity contribution is 7.16. The number of benzene rings is 2. The van der Waals surface area contributed by atoms with Crippen LogP contribution in [0.2, 0.25) is 0 Å². The second-order valence-electron chi connectivity index (χ2n) is 6.97. The number of hydrogen-bond acceptors (Lipinski definition) is 3. The van der Waals surface area contributed by atoms with E-state index in [-0.39, 0.29) is 12.5 Å². The highest BCUT2D eigenvalue weighted by Gasteiger charge is 2.23. The van der Waals surface area contributed by atoms with Crippen molar-refractivity contribution in [2.45, 2.75) is 25.8 Å². The third-order valence-electron chi connectivity index (χ3n) is 5.24. The summed E-state index contributed by atoms with van der Waals surface area (Å²) < 4.78 is 2.89. The van der Waals surface area contributed by atoms with Crippen LogP contribution in [-0.4, -0.2) is 28.5 Å². The maximum absolute atomic E-state index is 12.8. The summed E-state index contributed by atoms with van der Waals surface area (Å²) in [6.07, 6.45) is 3.22. The minimum Gasteiger partial charge on any atom is -0.341 e. The zero-order valence-electron chi connectivity index (χ0n) is 14.7. The molecule has 134 valence electrons. The second kappa shape index (κ2) is 7.46. The van der Waals surface area contributed by atoms with Gasteiger partial charge in [0.05, 0.1) is 10.2 Å². The average molecular weight is 366 g/mol. The molecular weight excluding hydrogens is 342 g/mol. The molecule has 0 saturated carbocycles. The SMILES string of the molecule is N=c1sc2ccccc2n1CC(=O)N1CCC(Cc2ccccc2)CC1. The largest absolute Gasteiger partial charge is 0.341 e. The van der Waals surface area contributed by atoms with Crippen LogP contribution in [0.25, 0.3) is 10.2 Å². The lowest BCUT2D eigenvalue weighted by Gasteiger charge is -2.32. The number of fused-ring (bicyclic) bond motifs is 1. The van der Waals surface area contributed by atoms with Crippen molar-refractivity contribution < 1.29 is 4.79 Å². The summed E-state index contributed by atoms with van der Waals surface area (Å²) in [4.78, 5) is 15.2. The Kier molecular flexibility index (Phi) is 4.89. The van der Waals surface area contributed by atoms with Crippen LogP contribution in [-0.2, 0) is 17.8 Å². The van der Waals surface area contributed by atoms with Gasteiger partial charge < -0.3 is 9.47 Å². The Morgan fingerprint density at radius 1 is 1.04 bits per heavy atom. The Morgan fingerprint density at radius 2 is 1.73 bits per heavy atom.